The van der Waals surface area contributed by atoms with E-state index in [-0.39, 0.29) is 37.4 Å². The number of carbonyl (C=O) groups is 2. The molecule has 1 fully saturated rings. The van der Waals surface area contributed by atoms with Crippen LogP contribution in [0.1, 0.15) is 18.4 Å². The molecule has 9 heteroatoms. The van der Waals surface area contributed by atoms with Crippen LogP contribution >= 0.6 is 0 Å². The van der Waals surface area contributed by atoms with Crippen molar-refractivity contribution in [2.45, 2.75) is 19.0 Å². The minimum atomic E-state index is -4.65. The van der Waals surface area contributed by atoms with Gasteiger partial charge in [0.15, 0.2) is 0 Å². The highest BCUT2D eigenvalue weighted by molar-refractivity contribution is 5.90. The monoisotopic (exact) mass is 346 g/mol. The van der Waals surface area contributed by atoms with Crippen LogP contribution in [-0.4, -0.2) is 42.2 Å². The summed E-state index contributed by atoms with van der Waals surface area (Å²) in [5.41, 5.74) is -1.37. The summed E-state index contributed by atoms with van der Waals surface area (Å²) in [5, 5.41) is 11.2. The number of carbonyl (C=O) groups excluding carboxylic acids is 1. The molecule has 132 valence electrons. The van der Waals surface area contributed by atoms with Crippen molar-refractivity contribution >= 4 is 17.7 Å². The second kappa shape index (κ2) is 6.98. The first-order valence-corrected chi connectivity index (χ1v) is 7.26. The molecule has 1 aromatic carbocycles. The first-order valence-electron chi connectivity index (χ1n) is 7.26. The van der Waals surface area contributed by atoms with Crippen LogP contribution in [0, 0.1) is 5.92 Å². The van der Waals surface area contributed by atoms with Crippen molar-refractivity contribution in [3.05, 3.63) is 23.8 Å². The number of amides is 2. The quantitative estimate of drug-likeness (QED) is 0.882. The Balaban J connectivity index is 2.11. The van der Waals surface area contributed by atoms with Gasteiger partial charge in [0.05, 0.1) is 24.3 Å². The molecule has 2 amide bonds. The van der Waals surface area contributed by atoms with E-state index in [9.17, 15) is 22.8 Å². The van der Waals surface area contributed by atoms with Crippen LogP contribution in [0.4, 0.5) is 23.7 Å². The van der Waals surface area contributed by atoms with Gasteiger partial charge in [-0.3, -0.25) is 4.79 Å². The van der Waals surface area contributed by atoms with E-state index in [0.717, 1.165) is 12.1 Å². The summed E-state index contributed by atoms with van der Waals surface area (Å²) in [6, 6.07) is 2.58. The number of rotatable bonds is 3. The Hall–Kier alpha value is -2.45. The number of alkyl halides is 3. The molecule has 2 N–H and O–H groups in total. The number of anilines is 1. The molecule has 1 saturated heterocycles. The Morgan fingerprint density at radius 1 is 1.29 bits per heavy atom. The Labute approximate surface area is 136 Å². The molecule has 0 unspecified atom stereocenters. The normalized spacial score (nSPS) is 15.9. The van der Waals surface area contributed by atoms with E-state index in [4.69, 9.17) is 9.84 Å². The van der Waals surface area contributed by atoms with Crippen LogP contribution in [0.15, 0.2) is 18.2 Å². The Morgan fingerprint density at radius 2 is 1.92 bits per heavy atom. The van der Waals surface area contributed by atoms with Crippen LogP contribution in [0.5, 0.6) is 5.75 Å². The molecule has 0 spiro atoms. The number of hydrogen-bond acceptors (Lipinski definition) is 3. The molecular formula is C15H17F3N2O4. The maximum absolute atomic E-state index is 13.1. The number of ether oxygens (including phenoxy) is 1. The van der Waals surface area contributed by atoms with Gasteiger partial charge in [-0.15, -0.1) is 0 Å². The van der Waals surface area contributed by atoms with Gasteiger partial charge in [-0.1, -0.05) is 0 Å². The number of hydrogen-bond donors (Lipinski definition) is 2. The highest BCUT2D eigenvalue weighted by atomic mass is 19.4. The molecule has 6 nitrogen and oxygen atoms in total. The second-order valence-electron chi connectivity index (χ2n) is 5.44. The fourth-order valence-electron chi connectivity index (χ4n) is 2.52. The molecule has 1 heterocycles. The summed E-state index contributed by atoms with van der Waals surface area (Å²) in [6.07, 6.45) is -4.09. The van der Waals surface area contributed by atoms with Gasteiger partial charge in [-0.25, -0.2) is 4.79 Å². The number of benzene rings is 1. The van der Waals surface area contributed by atoms with Crippen molar-refractivity contribution in [1.29, 1.82) is 0 Å². The van der Waals surface area contributed by atoms with E-state index in [0.29, 0.717) is 0 Å². The molecule has 1 aliphatic rings. The van der Waals surface area contributed by atoms with Crippen LogP contribution in [0.2, 0.25) is 0 Å². The maximum Gasteiger partial charge on any atom is 0.418 e. The third-order valence-corrected chi connectivity index (χ3v) is 3.91. The fraction of sp³-hybridized carbons (Fsp3) is 0.467. The van der Waals surface area contributed by atoms with E-state index in [1.165, 1.54) is 18.1 Å². The average molecular weight is 346 g/mol. The van der Waals surface area contributed by atoms with Gasteiger partial charge < -0.3 is 20.1 Å². The SMILES string of the molecule is COc1ccc(NC(=O)N2CCC(C(=O)O)CC2)c(C(F)(F)F)c1. The predicted molar refractivity (Wildman–Crippen MR) is 78.9 cm³/mol. The van der Waals surface area contributed by atoms with Gasteiger partial charge in [0, 0.05) is 13.1 Å². The first-order chi connectivity index (χ1) is 11.2. The molecule has 0 aromatic heterocycles. The van der Waals surface area contributed by atoms with Gasteiger partial charge in [-0.05, 0) is 31.0 Å². The van der Waals surface area contributed by atoms with Crippen LogP contribution < -0.4 is 10.1 Å². The lowest BCUT2D eigenvalue weighted by atomic mass is 9.97. The number of halogens is 3. The van der Waals surface area contributed by atoms with Gasteiger partial charge >= 0.3 is 18.2 Å². The molecular weight excluding hydrogens is 329 g/mol. The molecule has 0 bridgehead atoms. The Kier molecular flexibility index (Phi) is 5.20. The van der Waals surface area contributed by atoms with Crippen LogP contribution in [-0.2, 0) is 11.0 Å². The zero-order valence-electron chi connectivity index (χ0n) is 12.9. The summed E-state index contributed by atoms with van der Waals surface area (Å²) >= 11 is 0. The number of urea groups is 1. The first kappa shape index (κ1) is 17.9. The lowest BCUT2D eigenvalue weighted by molar-refractivity contribution is -0.143. The molecule has 0 atom stereocenters. The number of likely N-dealkylation sites (tertiary alicyclic amines) is 1. The summed E-state index contributed by atoms with van der Waals surface area (Å²) in [5.74, 6) is -1.42. The summed E-state index contributed by atoms with van der Waals surface area (Å²) in [7, 11) is 1.25. The van der Waals surface area contributed by atoms with E-state index in [1.807, 2.05) is 0 Å². The van der Waals surface area contributed by atoms with Gasteiger partial charge in [-0.2, -0.15) is 13.2 Å². The Bertz CT molecular complexity index is 626. The lowest BCUT2D eigenvalue weighted by Gasteiger charge is -2.30. The minimum absolute atomic E-state index is 0.0302. The molecule has 0 aliphatic carbocycles. The predicted octanol–water partition coefficient (Wildman–Crippen LogP) is 3.04. The summed E-state index contributed by atoms with van der Waals surface area (Å²) < 4.78 is 44.1. The Morgan fingerprint density at radius 3 is 2.42 bits per heavy atom. The zero-order chi connectivity index (χ0) is 17.9. The van der Waals surface area contributed by atoms with E-state index < -0.39 is 29.7 Å². The number of carboxylic acids is 1. The van der Waals surface area contributed by atoms with E-state index in [1.54, 1.807) is 0 Å². The van der Waals surface area contributed by atoms with Crippen molar-refractivity contribution in [1.82, 2.24) is 4.90 Å². The van der Waals surface area contributed by atoms with Gasteiger partial charge in [0.25, 0.3) is 0 Å². The van der Waals surface area contributed by atoms with Crippen molar-refractivity contribution in [3.8, 4) is 5.75 Å². The smallest absolute Gasteiger partial charge is 0.418 e. The largest absolute Gasteiger partial charge is 0.497 e. The number of aliphatic carboxylic acids is 1. The molecule has 0 radical (unpaired) electrons. The highest BCUT2D eigenvalue weighted by Gasteiger charge is 2.35. The third-order valence-electron chi connectivity index (χ3n) is 3.91. The van der Waals surface area contributed by atoms with Crippen molar-refractivity contribution in [2.75, 3.05) is 25.5 Å². The number of nitrogens with one attached hydrogen (secondary N) is 1. The number of nitrogens with zero attached hydrogens (tertiary/aromatic N) is 1. The average Bonchev–Trinajstić information content (AvgIpc) is 2.54. The number of methoxy groups -OCH3 is 1. The molecule has 24 heavy (non-hydrogen) atoms. The van der Waals surface area contributed by atoms with Gasteiger partial charge in [0.1, 0.15) is 5.75 Å². The fourth-order valence-corrected chi connectivity index (χ4v) is 2.52. The summed E-state index contributed by atoms with van der Waals surface area (Å²) in [4.78, 5) is 24.3. The van der Waals surface area contributed by atoms with E-state index >= 15 is 0 Å². The zero-order valence-corrected chi connectivity index (χ0v) is 12.9. The van der Waals surface area contributed by atoms with Crippen LogP contribution in [0.3, 0.4) is 0 Å². The number of piperidine rings is 1. The summed E-state index contributed by atoms with van der Waals surface area (Å²) in [6.45, 7) is 0.362. The van der Waals surface area contributed by atoms with Gasteiger partial charge in [0.2, 0.25) is 0 Å². The molecule has 1 aliphatic heterocycles. The standard InChI is InChI=1S/C15H17F3N2O4/c1-24-10-2-3-12(11(8-10)15(16,17)18)19-14(23)20-6-4-9(5-7-20)13(21)22/h2-3,8-9H,4-7H2,1H3,(H,19,23)(H,21,22). The molecule has 1 aromatic rings. The van der Waals surface area contributed by atoms with Crippen molar-refractivity contribution in [3.63, 3.8) is 0 Å². The van der Waals surface area contributed by atoms with Crippen molar-refractivity contribution < 1.29 is 32.6 Å². The molecule has 0 saturated carbocycles. The van der Waals surface area contributed by atoms with Crippen LogP contribution in [0.25, 0.3) is 0 Å². The third kappa shape index (κ3) is 4.09. The highest BCUT2D eigenvalue weighted by Crippen LogP contribution is 2.37. The maximum atomic E-state index is 13.1. The van der Waals surface area contributed by atoms with Crippen molar-refractivity contribution in [2.24, 2.45) is 5.92 Å². The minimum Gasteiger partial charge on any atom is -0.497 e. The second-order valence-corrected chi connectivity index (χ2v) is 5.44. The number of carboxylic acid groups (broad SMARTS) is 1. The lowest BCUT2D eigenvalue weighted by Crippen LogP contribution is -2.42. The molecule has 2 rings (SSSR count). The topological polar surface area (TPSA) is 78.9 Å². The van der Waals surface area contributed by atoms with E-state index in [2.05, 4.69) is 5.32 Å².